The normalized spacial score (nSPS) is 11.0. The van der Waals surface area contributed by atoms with Gasteiger partial charge in [0, 0.05) is 30.1 Å². The number of nitrogens with one attached hydrogen (secondary N) is 1. The fraction of sp³-hybridized carbons (Fsp3) is 0.0435. The third kappa shape index (κ3) is 4.48. The Morgan fingerprint density at radius 3 is 2.52 bits per heavy atom. The highest BCUT2D eigenvalue weighted by atomic mass is 19.1. The Labute approximate surface area is 177 Å². The highest BCUT2D eigenvalue weighted by Crippen LogP contribution is 2.30. The summed E-state index contributed by atoms with van der Waals surface area (Å²) < 4.78 is 15.0. The van der Waals surface area contributed by atoms with E-state index in [4.69, 9.17) is 0 Å². The van der Waals surface area contributed by atoms with Crippen molar-refractivity contribution in [1.82, 2.24) is 19.5 Å². The van der Waals surface area contributed by atoms with Crippen LogP contribution in [-0.2, 0) is 6.54 Å². The first-order chi connectivity index (χ1) is 15.2. The predicted molar refractivity (Wildman–Crippen MR) is 116 cm³/mol. The molecule has 4 aromatic rings. The number of halogens is 1. The monoisotopic (exact) mass is 415 g/mol. The van der Waals surface area contributed by atoms with Gasteiger partial charge < -0.3 is 15.0 Å². The number of aromatic nitrogens is 4. The van der Waals surface area contributed by atoms with E-state index in [1.165, 1.54) is 18.3 Å². The van der Waals surface area contributed by atoms with Gasteiger partial charge in [-0.1, -0.05) is 24.3 Å². The zero-order valence-corrected chi connectivity index (χ0v) is 16.3. The maximum absolute atomic E-state index is 13.4. The SMILES string of the molecule is O=Cc1ccc(CNc2nccc(-c3c(-c4ccc(F)cc4)ncn3/C=C\O)n2)cc1. The Kier molecular flexibility index (Phi) is 5.79. The summed E-state index contributed by atoms with van der Waals surface area (Å²) in [5.74, 6) is 0.0671. The molecule has 2 N–H and O–H groups in total. The van der Waals surface area contributed by atoms with E-state index in [-0.39, 0.29) is 5.82 Å². The Balaban J connectivity index is 1.65. The van der Waals surface area contributed by atoms with E-state index in [0.717, 1.165) is 18.1 Å². The lowest BCUT2D eigenvalue weighted by Crippen LogP contribution is -2.05. The minimum atomic E-state index is -0.338. The molecule has 0 bridgehead atoms. The second-order valence-corrected chi connectivity index (χ2v) is 6.63. The van der Waals surface area contributed by atoms with Crippen LogP contribution in [0.3, 0.4) is 0 Å². The van der Waals surface area contributed by atoms with Crippen LogP contribution in [0.1, 0.15) is 15.9 Å². The number of hydrogen-bond acceptors (Lipinski definition) is 6. The van der Waals surface area contributed by atoms with Crippen LogP contribution in [0.4, 0.5) is 10.3 Å². The summed E-state index contributed by atoms with van der Waals surface area (Å²) >= 11 is 0. The summed E-state index contributed by atoms with van der Waals surface area (Å²) in [5.41, 5.74) is 4.08. The van der Waals surface area contributed by atoms with E-state index in [9.17, 15) is 14.3 Å². The molecule has 0 fully saturated rings. The van der Waals surface area contributed by atoms with Crippen molar-refractivity contribution >= 4 is 18.4 Å². The van der Waals surface area contributed by atoms with Gasteiger partial charge in [-0.3, -0.25) is 4.79 Å². The van der Waals surface area contributed by atoms with Gasteiger partial charge in [-0.15, -0.1) is 0 Å². The summed E-state index contributed by atoms with van der Waals surface area (Å²) in [6, 6.07) is 14.9. The molecule has 2 aromatic carbocycles. The van der Waals surface area contributed by atoms with Crippen molar-refractivity contribution in [3.05, 3.63) is 90.3 Å². The van der Waals surface area contributed by atoms with E-state index >= 15 is 0 Å². The van der Waals surface area contributed by atoms with Gasteiger partial charge >= 0.3 is 0 Å². The minimum Gasteiger partial charge on any atom is -0.514 e. The van der Waals surface area contributed by atoms with Gasteiger partial charge in [-0.2, -0.15) is 0 Å². The topological polar surface area (TPSA) is 92.9 Å². The Morgan fingerprint density at radius 1 is 1.03 bits per heavy atom. The van der Waals surface area contributed by atoms with Gasteiger partial charge in [-0.25, -0.2) is 19.3 Å². The maximum atomic E-state index is 13.4. The van der Waals surface area contributed by atoms with Crippen LogP contribution >= 0.6 is 0 Å². The average Bonchev–Trinajstić information content (AvgIpc) is 3.22. The van der Waals surface area contributed by atoms with Crippen molar-refractivity contribution in [2.45, 2.75) is 6.54 Å². The van der Waals surface area contributed by atoms with E-state index in [0.29, 0.717) is 40.7 Å². The number of benzene rings is 2. The van der Waals surface area contributed by atoms with Gasteiger partial charge in [0.05, 0.1) is 23.3 Å². The summed E-state index contributed by atoms with van der Waals surface area (Å²) in [6.45, 7) is 0.475. The van der Waals surface area contributed by atoms with Crippen LogP contribution in [0.2, 0.25) is 0 Å². The molecule has 31 heavy (non-hydrogen) atoms. The number of aldehydes is 1. The van der Waals surface area contributed by atoms with Gasteiger partial charge in [0.2, 0.25) is 5.95 Å². The fourth-order valence-electron chi connectivity index (χ4n) is 3.09. The minimum absolute atomic E-state index is 0.338. The number of carbonyl (C=O) groups excluding carboxylic acids is 1. The fourth-order valence-corrected chi connectivity index (χ4v) is 3.09. The number of rotatable bonds is 7. The van der Waals surface area contributed by atoms with Gasteiger partial charge in [0.25, 0.3) is 0 Å². The second-order valence-electron chi connectivity index (χ2n) is 6.63. The molecular formula is C23H18FN5O2. The lowest BCUT2D eigenvalue weighted by Gasteiger charge is -2.09. The van der Waals surface area contributed by atoms with Gasteiger partial charge in [0.15, 0.2) is 0 Å². The Morgan fingerprint density at radius 2 is 1.81 bits per heavy atom. The molecule has 7 nitrogen and oxygen atoms in total. The first kappa shape index (κ1) is 20.0. The zero-order valence-electron chi connectivity index (χ0n) is 16.3. The Bertz CT molecular complexity index is 1220. The first-order valence-corrected chi connectivity index (χ1v) is 9.43. The molecule has 0 amide bonds. The smallest absolute Gasteiger partial charge is 0.223 e. The number of anilines is 1. The quantitative estimate of drug-likeness (QED) is 0.340. The van der Waals surface area contributed by atoms with Crippen molar-refractivity contribution in [1.29, 1.82) is 0 Å². The van der Waals surface area contributed by atoms with Crippen molar-refractivity contribution in [2.24, 2.45) is 0 Å². The molecule has 0 spiro atoms. The molecule has 0 aliphatic heterocycles. The van der Waals surface area contributed by atoms with E-state index < -0.39 is 0 Å². The van der Waals surface area contributed by atoms with Gasteiger partial charge in [-0.05, 0) is 35.9 Å². The third-order valence-electron chi connectivity index (χ3n) is 4.60. The number of aliphatic hydroxyl groups excluding tert-OH is 1. The molecular weight excluding hydrogens is 397 g/mol. The lowest BCUT2D eigenvalue weighted by atomic mass is 10.1. The van der Waals surface area contributed by atoms with E-state index in [2.05, 4.69) is 20.3 Å². The largest absolute Gasteiger partial charge is 0.514 e. The van der Waals surface area contributed by atoms with Crippen LogP contribution in [0, 0.1) is 5.82 Å². The molecule has 2 heterocycles. The number of hydrogen-bond donors (Lipinski definition) is 2. The van der Waals surface area contributed by atoms with Crippen molar-refractivity contribution < 1.29 is 14.3 Å². The first-order valence-electron chi connectivity index (χ1n) is 9.43. The van der Waals surface area contributed by atoms with Crippen LogP contribution in [0.15, 0.2) is 73.4 Å². The second kappa shape index (κ2) is 9.00. The van der Waals surface area contributed by atoms with E-state index in [1.54, 1.807) is 47.4 Å². The Hall–Kier alpha value is -4.33. The molecule has 0 saturated heterocycles. The van der Waals surface area contributed by atoms with Gasteiger partial charge in [0.1, 0.15) is 18.4 Å². The lowest BCUT2D eigenvalue weighted by molar-refractivity contribution is 0.112. The average molecular weight is 415 g/mol. The summed E-state index contributed by atoms with van der Waals surface area (Å²) in [5, 5.41) is 12.4. The molecule has 4 rings (SSSR count). The molecule has 2 aromatic heterocycles. The van der Waals surface area contributed by atoms with Crippen LogP contribution in [0.25, 0.3) is 28.8 Å². The molecule has 0 radical (unpaired) electrons. The number of nitrogens with zero attached hydrogens (tertiary/aromatic N) is 4. The number of imidazole rings is 1. The molecule has 0 atom stereocenters. The molecule has 0 aliphatic rings. The van der Waals surface area contributed by atoms with Crippen LogP contribution < -0.4 is 5.32 Å². The standard InChI is InChI=1S/C23H18FN5O2/c24-19-7-5-18(6-8-19)21-22(29(11-12-30)15-27-21)20-9-10-25-23(28-20)26-13-16-1-3-17(14-31)4-2-16/h1-12,14-15,30H,13H2,(H,25,26,28)/b12-11-. The molecule has 8 heteroatoms. The molecule has 0 aliphatic carbocycles. The zero-order chi connectivity index (χ0) is 21.6. The third-order valence-corrected chi connectivity index (χ3v) is 4.60. The molecule has 154 valence electrons. The predicted octanol–water partition coefficient (Wildman–Crippen LogP) is 4.56. The summed E-state index contributed by atoms with van der Waals surface area (Å²) in [7, 11) is 0. The van der Waals surface area contributed by atoms with Crippen molar-refractivity contribution in [2.75, 3.05) is 5.32 Å². The number of aliphatic hydroxyl groups is 1. The van der Waals surface area contributed by atoms with Crippen LogP contribution in [-0.4, -0.2) is 30.9 Å². The van der Waals surface area contributed by atoms with Crippen molar-refractivity contribution in [3.63, 3.8) is 0 Å². The number of carbonyl (C=O) groups is 1. The highest BCUT2D eigenvalue weighted by Gasteiger charge is 2.16. The summed E-state index contributed by atoms with van der Waals surface area (Å²) in [4.78, 5) is 24.1. The van der Waals surface area contributed by atoms with E-state index in [1.807, 2.05) is 12.1 Å². The van der Waals surface area contributed by atoms with Crippen molar-refractivity contribution in [3.8, 4) is 22.6 Å². The highest BCUT2D eigenvalue weighted by molar-refractivity contribution is 5.78. The van der Waals surface area contributed by atoms with Crippen LogP contribution in [0.5, 0.6) is 0 Å². The summed E-state index contributed by atoms with van der Waals surface area (Å²) in [6.07, 6.45) is 6.31. The molecule has 0 saturated carbocycles. The molecule has 0 unspecified atom stereocenters. The maximum Gasteiger partial charge on any atom is 0.223 e.